The number of anilines is 2. The van der Waals surface area contributed by atoms with Crippen molar-refractivity contribution in [1.29, 1.82) is 0 Å². The van der Waals surface area contributed by atoms with E-state index in [-0.39, 0.29) is 6.04 Å². The van der Waals surface area contributed by atoms with Gasteiger partial charge in [0.2, 0.25) is 0 Å². The number of para-hydroxylation sites is 1. The van der Waals surface area contributed by atoms with Gasteiger partial charge in [0.25, 0.3) is 5.91 Å². The van der Waals surface area contributed by atoms with E-state index in [1.54, 1.807) is 0 Å². The smallest absolute Gasteiger partial charge is 0.280 e. The van der Waals surface area contributed by atoms with Crippen molar-refractivity contribution in [3.05, 3.63) is 59.7 Å². The van der Waals surface area contributed by atoms with Crippen LogP contribution >= 0.6 is 0 Å². The number of aryl methyl sites for hydroxylation is 1. The number of benzene rings is 2. The molecule has 1 amide bonds. The molecule has 2 aliphatic heterocycles. The van der Waals surface area contributed by atoms with Crippen molar-refractivity contribution in [3.63, 3.8) is 0 Å². The van der Waals surface area contributed by atoms with Gasteiger partial charge in [-0.3, -0.25) is 4.79 Å². The number of carbonyl (C=O) groups excluding carboxylic acids is 1. The molecule has 5 nitrogen and oxygen atoms in total. The number of rotatable bonds is 4. The molecule has 5 heteroatoms. The molecule has 0 unspecified atom stereocenters. The van der Waals surface area contributed by atoms with Gasteiger partial charge in [0.1, 0.15) is 0 Å². The molecule has 1 N–H and O–H groups in total. The minimum Gasteiger partial charge on any atom is -0.368 e. The summed E-state index contributed by atoms with van der Waals surface area (Å²) in [5.41, 5.74) is 5.33. The molecule has 0 bridgehead atoms. The summed E-state index contributed by atoms with van der Waals surface area (Å²) in [6.07, 6.45) is 0. The largest absolute Gasteiger partial charge is 0.368 e. The molecule has 0 saturated carbocycles. The highest BCUT2D eigenvalue weighted by atomic mass is 16.2. The zero-order valence-electron chi connectivity index (χ0n) is 18.6. The van der Waals surface area contributed by atoms with Crippen molar-refractivity contribution >= 4 is 17.3 Å². The van der Waals surface area contributed by atoms with Crippen molar-refractivity contribution in [3.8, 4) is 0 Å². The van der Waals surface area contributed by atoms with Gasteiger partial charge < -0.3 is 19.6 Å². The van der Waals surface area contributed by atoms with Gasteiger partial charge in [-0.15, -0.1) is 0 Å². The van der Waals surface area contributed by atoms with E-state index in [1.165, 1.54) is 27.4 Å². The summed E-state index contributed by atoms with van der Waals surface area (Å²) in [5.74, 6) is 0.317. The molecular weight excluding hydrogens is 372 g/mol. The van der Waals surface area contributed by atoms with Gasteiger partial charge in [0, 0.05) is 37.6 Å². The van der Waals surface area contributed by atoms with Crippen LogP contribution in [0.1, 0.15) is 18.1 Å². The van der Waals surface area contributed by atoms with Crippen molar-refractivity contribution in [2.75, 3.05) is 62.2 Å². The Labute approximate surface area is 180 Å². The number of amides is 1. The summed E-state index contributed by atoms with van der Waals surface area (Å²) in [6, 6.07) is 17.1. The zero-order chi connectivity index (χ0) is 21.1. The summed E-state index contributed by atoms with van der Waals surface area (Å²) in [7, 11) is 0. The highest BCUT2D eigenvalue weighted by molar-refractivity contribution is 5.80. The van der Waals surface area contributed by atoms with Gasteiger partial charge in [0.05, 0.1) is 26.2 Å². The van der Waals surface area contributed by atoms with Gasteiger partial charge >= 0.3 is 0 Å². The average molecular weight is 408 g/mol. The second kappa shape index (κ2) is 9.09. The van der Waals surface area contributed by atoms with Crippen LogP contribution in [0.3, 0.4) is 0 Å². The van der Waals surface area contributed by atoms with E-state index < -0.39 is 0 Å². The molecule has 2 fully saturated rings. The molecule has 160 valence electrons. The Bertz CT molecular complexity index is 853. The van der Waals surface area contributed by atoms with E-state index in [0.717, 1.165) is 52.4 Å². The summed E-state index contributed by atoms with van der Waals surface area (Å²) >= 11 is 0. The van der Waals surface area contributed by atoms with Crippen molar-refractivity contribution in [1.82, 2.24) is 4.90 Å². The first-order valence-corrected chi connectivity index (χ1v) is 11.3. The Kier molecular flexibility index (Phi) is 6.28. The maximum atomic E-state index is 13.2. The lowest BCUT2D eigenvalue weighted by atomic mass is 10.1. The van der Waals surface area contributed by atoms with E-state index in [4.69, 9.17) is 0 Å². The van der Waals surface area contributed by atoms with Crippen LogP contribution in [0.5, 0.6) is 0 Å². The van der Waals surface area contributed by atoms with Gasteiger partial charge in [-0.1, -0.05) is 30.3 Å². The second-order valence-electron chi connectivity index (χ2n) is 8.73. The zero-order valence-corrected chi connectivity index (χ0v) is 18.6. The van der Waals surface area contributed by atoms with Crippen LogP contribution in [0, 0.1) is 13.8 Å². The maximum absolute atomic E-state index is 13.2. The van der Waals surface area contributed by atoms with Crippen LogP contribution in [0.25, 0.3) is 0 Å². The van der Waals surface area contributed by atoms with Crippen LogP contribution in [0.4, 0.5) is 11.4 Å². The summed E-state index contributed by atoms with van der Waals surface area (Å²) in [6.45, 7) is 14.0. The Hall–Kier alpha value is -2.53. The van der Waals surface area contributed by atoms with Gasteiger partial charge in [-0.2, -0.15) is 0 Å². The Morgan fingerprint density at radius 2 is 1.50 bits per heavy atom. The van der Waals surface area contributed by atoms with Crippen molar-refractivity contribution in [2.45, 2.75) is 26.8 Å². The molecule has 30 heavy (non-hydrogen) atoms. The molecule has 2 saturated heterocycles. The molecule has 0 aliphatic carbocycles. The highest BCUT2D eigenvalue weighted by Gasteiger charge is 2.33. The third-order valence-corrected chi connectivity index (χ3v) is 7.02. The van der Waals surface area contributed by atoms with Crippen LogP contribution < -0.4 is 14.7 Å². The maximum Gasteiger partial charge on any atom is 0.280 e. The molecular formula is C25H35N4O+. The van der Waals surface area contributed by atoms with E-state index in [0.29, 0.717) is 5.91 Å². The number of piperazine rings is 2. The monoisotopic (exact) mass is 407 g/mol. The third-order valence-electron chi connectivity index (χ3n) is 7.02. The summed E-state index contributed by atoms with van der Waals surface area (Å²) in [5, 5.41) is 0. The number of carbonyl (C=O) groups is 1. The first-order valence-electron chi connectivity index (χ1n) is 11.3. The summed E-state index contributed by atoms with van der Waals surface area (Å²) < 4.78 is 0. The van der Waals surface area contributed by atoms with Crippen LogP contribution in [-0.2, 0) is 4.79 Å². The molecule has 4 rings (SSSR count). The lowest BCUT2D eigenvalue weighted by Gasteiger charge is -2.40. The Balaban J connectivity index is 1.29. The number of nitrogens with one attached hydrogen (secondary N) is 1. The first-order chi connectivity index (χ1) is 14.5. The van der Waals surface area contributed by atoms with Gasteiger partial charge in [-0.05, 0) is 50.1 Å². The second-order valence-corrected chi connectivity index (χ2v) is 8.73. The van der Waals surface area contributed by atoms with Crippen molar-refractivity contribution < 1.29 is 9.69 Å². The predicted molar refractivity (Wildman–Crippen MR) is 124 cm³/mol. The fourth-order valence-corrected chi connectivity index (χ4v) is 4.82. The number of hydrogen-bond donors (Lipinski definition) is 1. The van der Waals surface area contributed by atoms with Gasteiger partial charge in [-0.25, -0.2) is 0 Å². The van der Waals surface area contributed by atoms with E-state index in [1.807, 2.05) is 6.07 Å². The third kappa shape index (κ3) is 4.31. The molecule has 0 aromatic heterocycles. The van der Waals surface area contributed by atoms with E-state index >= 15 is 0 Å². The lowest BCUT2D eigenvalue weighted by Crippen LogP contribution is -3.19. The normalized spacial score (nSPS) is 19.1. The minimum absolute atomic E-state index is 0.0361. The highest BCUT2D eigenvalue weighted by Crippen LogP contribution is 2.22. The Morgan fingerprint density at radius 1 is 0.833 bits per heavy atom. The number of quaternary nitrogens is 1. The molecule has 2 heterocycles. The molecule has 2 aromatic rings. The first kappa shape index (κ1) is 20.7. The Morgan fingerprint density at radius 3 is 2.17 bits per heavy atom. The van der Waals surface area contributed by atoms with E-state index in [9.17, 15) is 4.79 Å². The van der Waals surface area contributed by atoms with Crippen LogP contribution in [0.2, 0.25) is 0 Å². The topological polar surface area (TPSA) is 31.2 Å². The SMILES string of the molecule is Cc1cccc(N2CC[NH+]([C@H](C)C(=O)N3CCN(c4ccccc4)CC3)CC2)c1C. The average Bonchev–Trinajstić information content (AvgIpc) is 2.81. The predicted octanol–water partition coefficient (Wildman–Crippen LogP) is 1.75. The van der Waals surface area contributed by atoms with Crippen LogP contribution in [0.15, 0.2) is 48.5 Å². The molecule has 2 aromatic carbocycles. The minimum atomic E-state index is 0.0361. The fourth-order valence-electron chi connectivity index (χ4n) is 4.82. The lowest BCUT2D eigenvalue weighted by molar-refractivity contribution is -0.915. The number of hydrogen-bond acceptors (Lipinski definition) is 3. The molecule has 2 aliphatic rings. The standard InChI is InChI=1S/C25H34N4O/c1-20-8-7-11-24(21(20)2)28-16-12-26(13-17-28)22(3)25(30)29-18-14-27(15-19-29)23-9-5-4-6-10-23/h4-11,22H,12-19H2,1-3H3/p+1/t22-/m1/s1. The van der Waals surface area contributed by atoms with Crippen LogP contribution in [-0.4, -0.2) is 69.2 Å². The van der Waals surface area contributed by atoms with E-state index in [2.05, 4.69) is 77.9 Å². The van der Waals surface area contributed by atoms with Crippen molar-refractivity contribution in [2.24, 2.45) is 0 Å². The number of nitrogens with zero attached hydrogens (tertiary/aromatic N) is 3. The molecule has 0 radical (unpaired) electrons. The molecule has 1 atom stereocenters. The quantitative estimate of drug-likeness (QED) is 0.838. The fraction of sp³-hybridized carbons (Fsp3) is 0.480. The summed E-state index contributed by atoms with van der Waals surface area (Å²) in [4.78, 5) is 21.5. The molecule has 0 spiro atoms. The van der Waals surface area contributed by atoms with Gasteiger partial charge in [0.15, 0.2) is 6.04 Å².